The first-order valence-corrected chi connectivity index (χ1v) is 4.87. The van der Waals surface area contributed by atoms with E-state index in [1.54, 1.807) is 14.1 Å². The number of carbonyl (C=O) groups excluding carboxylic acids is 1. The van der Waals surface area contributed by atoms with E-state index in [0.29, 0.717) is 6.54 Å². The van der Waals surface area contributed by atoms with Gasteiger partial charge in [0, 0.05) is 38.9 Å². The lowest BCUT2D eigenvalue weighted by Crippen LogP contribution is -2.34. The zero-order valence-electron chi connectivity index (χ0n) is 9.96. The maximum Gasteiger partial charge on any atom is 0.317 e. The van der Waals surface area contributed by atoms with Crippen LogP contribution in [-0.2, 0) is 13.6 Å². The van der Waals surface area contributed by atoms with E-state index in [1.807, 2.05) is 25.6 Å². The Balaban J connectivity index is 2.69. The van der Waals surface area contributed by atoms with Crippen LogP contribution in [0.5, 0.6) is 0 Å². The summed E-state index contributed by atoms with van der Waals surface area (Å²) >= 11 is 0. The number of hydrogen-bond acceptors (Lipinski definition) is 2. The molecule has 0 fully saturated rings. The van der Waals surface area contributed by atoms with Gasteiger partial charge in [0.15, 0.2) is 0 Å². The summed E-state index contributed by atoms with van der Waals surface area (Å²) in [7, 11) is 5.34. The van der Waals surface area contributed by atoms with Crippen molar-refractivity contribution >= 4 is 6.03 Å². The first-order valence-electron chi connectivity index (χ1n) is 4.87. The highest BCUT2D eigenvalue weighted by atomic mass is 16.2. The smallest absolute Gasteiger partial charge is 0.317 e. The number of urea groups is 1. The van der Waals surface area contributed by atoms with Gasteiger partial charge < -0.3 is 10.2 Å². The molecule has 1 N–H and O–H groups in total. The summed E-state index contributed by atoms with van der Waals surface area (Å²) in [5.41, 5.74) is 3.15. The van der Waals surface area contributed by atoms with Crippen LogP contribution in [0.25, 0.3) is 0 Å². The van der Waals surface area contributed by atoms with Gasteiger partial charge in [-0.25, -0.2) is 4.79 Å². The fourth-order valence-electron chi connectivity index (χ4n) is 1.40. The van der Waals surface area contributed by atoms with E-state index < -0.39 is 0 Å². The van der Waals surface area contributed by atoms with Crippen molar-refractivity contribution in [2.45, 2.75) is 20.4 Å². The van der Waals surface area contributed by atoms with Gasteiger partial charge in [-0.15, -0.1) is 0 Å². The van der Waals surface area contributed by atoms with Crippen molar-refractivity contribution in [1.82, 2.24) is 20.0 Å². The van der Waals surface area contributed by atoms with E-state index >= 15 is 0 Å². The number of aromatic nitrogens is 2. The molecule has 84 valence electrons. The van der Waals surface area contributed by atoms with Crippen LogP contribution in [0.2, 0.25) is 0 Å². The van der Waals surface area contributed by atoms with Crippen molar-refractivity contribution in [3.63, 3.8) is 0 Å². The van der Waals surface area contributed by atoms with E-state index in [-0.39, 0.29) is 6.03 Å². The lowest BCUT2D eigenvalue weighted by Gasteiger charge is -2.11. The van der Waals surface area contributed by atoms with Gasteiger partial charge >= 0.3 is 6.03 Å². The van der Waals surface area contributed by atoms with Gasteiger partial charge in [0.25, 0.3) is 0 Å². The summed E-state index contributed by atoms with van der Waals surface area (Å²) in [4.78, 5) is 12.8. The predicted octanol–water partition coefficient (Wildman–Crippen LogP) is 0.808. The second-order valence-electron chi connectivity index (χ2n) is 3.83. The van der Waals surface area contributed by atoms with Gasteiger partial charge in [0.1, 0.15) is 0 Å². The van der Waals surface area contributed by atoms with Crippen LogP contribution in [0.4, 0.5) is 4.79 Å². The molecule has 5 heteroatoms. The summed E-state index contributed by atoms with van der Waals surface area (Å²) in [6.45, 7) is 4.48. The number of nitrogens with zero attached hydrogens (tertiary/aromatic N) is 3. The minimum Gasteiger partial charge on any atom is -0.334 e. The van der Waals surface area contributed by atoms with E-state index in [9.17, 15) is 4.79 Å². The van der Waals surface area contributed by atoms with Crippen molar-refractivity contribution in [2.75, 3.05) is 14.1 Å². The van der Waals surface area contributed by atoms with Gasteiger partial charge in [-0.05, 0) is 13.8 Å². The molecule has 0 aliphatic rings. The highest BCUT2D eigenvalue weighted by molar-refractivity contribution is 5.73. The number of rotatable bonds is 2. The fraction of sp³-hybridized carbons (Fsp3) is 0.600. The van der Waals surface area contributed by atoms with Gasteiger partial charge in [-0.3, -0.25) is 4.68 Å². The van der Waals surface area contributed by atoms with E-state index in [1.165, 1.54) is 4.90 Å². The Morgan fingerprint density at radius 2 is 2.07 bits per heavy atom. The Labute approximate surface area is 90.1 Å². The molecular weight excluding hydrogens is 192 g/mol. The highest BCUT2D eigenvalue weighted by Crippen LogP contribution is 2.10. The lowest BCUT2D eigenvalue weighted by atomic mass is 10.2. The van der Waals surface area contributed by atoms with Crippen LogP contribution < -0.4 is 5.32 Å². The summed E-state index contributed by atoms with van der Waals surface area (Å²) < 4.78 is 1.83. The van der Waals surface area contributed by atoms with Crippen LogP contribution in [0.15, 0.2) is 0 Å². The normalized spacial score (nSPS) is 10.2. The van der Waals surface area contributed by atoms with Crippen LogP contribution in [0, 0.1) is 13.8 Å². The molecule has 1 rings (SSSR count). The average molecular weight is 210 g/mol. The predicted molar refractivity (Wildman–Crippen MR) is 58.6 cm³/mol. The zero-order chi connectivity index (χ0) is 11.6. The zero-order valence-corrected chi connectivity index (χ0v) is 9.96. The molecule has 1 aromatic rings. The van der Waals surface area contributed by atoms with Gasteiger partial charge in [-0.1, -0.05) is 0 Å². The molecule has 0 bridgehead atoms. The second-order valence-corrected chi connectivity index (χ2v) is 3.83. The van der Waals surface area contributed by atoms with Crippen LogP contribution in [-0.4, -0.2) is 34.8 Å². The topological polar surface area (TPSA) is 50.2 Å². The van der Waals surface area contributed by atoms with E-state index in [2.05, 4.69) is 10.4 Å². The number of carbonyl (C=O) groups is 1. The second kappa shape index (κ2) is 4.33. The molecule has 0 aromatic carbocycles. The molecule has 15 heavy (non-hydrogen) atoms. The van der Waals surface area contributed by atoms with Crippen molar-refractivity contribution < 1.29 is 4.79 Å². The third-order valence-corrected chi connectivity index (χ3v) is 2.48. The minimum atomic E-state index is -0.0855. The maximum atomic E-state index is 11.3. The summed E-state index contributed by atoms with van der Waals surface area (Å²) in [6.07, 6.45) is 0. The number of hydrogen-bond donors (Lipinski definition) is 1. The van der Waals surface area contributed by atoms with Gasteiger partial charge in [0.2, 0.25) is 0 Å². The molecule has 0 saturated heterocycles. The molecule has 0 saturated carbocycles. The van der Waals surface area contributed by atoms with Crippen molar-refractivity contribution in [3.8, 4) is 0 Å². The van der Waals surface area contributed by atoms with Crippen LogP contribution in [0.1, 0.15) is 17.0 Å². The van der Waals surface area contributed by atoms with Crippen molar-refractivity contribution in [2.24, 2.45) is 7.05 Å². The Morgan fingerprint density at radius 1 is 1.47 bits per heavy atom. The summed E-state index contributed by atoms with van der Waals surface area (Å²) in [5.74, 6) is 0. The number of amides is 2. The molecule has 1 heterocycles. The minimum absolute atomic E-state index is 0.0855. The summed E-state index contributed by atoms with van der Waals surface area (Å²) in [6, 6.07) is -0.0855. The molecule has 0 aliphatic carbocycles. The monoisotopic (exact) mass is 210 g/mol. The third-order valence-electron chi connectivity index (χ3n) is 2.48. The molecule has 0 spiro atoms. The van der Waals surface area contributed by atoms with Gasteiger partial charge in [0.05, 0.1) is 5.69 Å². The first-order chi connectivity index (χ1) is 6.93. The highest BCUT2D eigenvalue weighted by Gasteiger charge is 2.10. The molecule has 0 unspecified atom stereocenters. The molecule has 0 aliphatic heterocycles. The number of nitrogens with one attached hydrogen (secondary N) is 1. The van der Waals surface area contributed by atoms with Crippen molar-refractivity contribution in [3.05, 3.63) is 17.0 Å². The third kappa shape index (κ3) is 2.49. The van der Waals surface area contributed by atoms with Gasteiger partial charge in [-0.2, -0.15) is 5.10 Å². The Hall–Kier alpha value is -1.52. The van der Waals surface area contributed by atoms with E-state index in [0.717, 1.165) is 17.0 Å². The SMILES string of the molecule is Cc1nn(C)c(C)c1CNC(=O)N(C)C. The molecule has 5 nitrogen and oxygen atoms in total. The first kappa shape index (κ1) is 11.6. The lowest BCUT2D eigenvalue weighted by molar-refractivity contribution is 0.217. The van der Waals surface area contributed by atoms with Crippen LogP contribution >= 0.6 is 0 Å². The molecule has 0 radical (unpaired) electrons. The largest absolute Gasteiger partial charge is 0.334 e. The molecule has 0 atom stereocenters. The summed E-state index contributed by atoms with van der Waals surface area (Å²) in [5, 5.41) is 7.11. The quantitative estimate of drug-likeness (QED) is 0.785. The number of aryl methyl sites for hydroxylation is 2. The van der Waals surface area contributed by atoms with E-state index in [4.69, 9.17) is 0 Å². The Bertz CT molecular complexity index is 368. The Morgan fingerprint density at radius 3 is 2.47 bits per heavy atom. The maximum absolute atomic E-state index is 11.3. The molecular formula is C10H18N4O. The average Bonchev–Trinajstić information content (AvgIpc) is 2.38. The van der Waals surface area contributed by atoms with Crippen LogP contribution in [0.3, 0.4) is 0 Å². The molecule has 2 amide bonds. The molecule has 1 aromatic heterocycles. The standard InChI is InChI=1S/C10H18N4O/c1-7-9(8(2)14(5)12-7)6-11-10(15)13(3)4/h6H2,1-5H3,(H,11,15). The van der Waals surface area contributed by atoms with Crippen molar-refractivity contribution in [1.29, 1.82) is 0 Å². The Kier molecular flexibility index (Phi) is 3.34. The fourth-order valence-corrected chi connectivity index (χ4v) is 1.40.